The Bertz CT molecular complexity index is 191. The molecular formula is C12H23NS. The van der Waals surface area contributed by atoms with E-state index < -0.39 is 0 Å². The molecule has 1 heterocycles. The van der Waals surface area contributed by atoms with E-state index in [0.29, 0.717) is 10.3 Å². The highest BCUT2D eigenvalue weighted by atomic mass is 32.2. The highest BCUT2D eigenvalue weighted by molar-refractivity contribution is 8.00. The predicted molar refractivity (Wildman–Crippen MR) is 64.6 cm³/mol. The third-order valence-corrected chi connectivity index (χ3v) is 5.46. The van der Waals surface area contributed by atoms with Gasteiger partial charge in [0.2, 0.25) is 0 Å². The van der Waals surface area contributed by atoms with Gasteiger partial charge in [0.05, 0.1) is 4.87 Å². The predicted octanol–water partition coefficient (Wildman–Crippen LogP) is 3.26. The number of nitrogens with one attached hydrogen (secondary N) is 1. The lowest BCUT2D eigenvalue weighted by Crippen LogP contribution is -2.42. The average molecular weight is 213 g/mol. The van der Waals surface area contributed by atoms with Gasteiger partial charge in [-0.2, -0.15) is 0 Å². The summed E-state index contributed by atoms with van der Waals surface area (Å²) in [6, 6.07) is 0. The van der Waals surface area contributed by atoms with Crippen molar-refractivity contribution in [2.24, 2.45) is 11.3 Å². The molecule has 0 bridgehead atoms. The molecule has 0 unspecified atom stereocenters. The maximum absolute atomic E-state index is 3.71. The summed E-state index contributed by atoms with van der Waals surface area (Å²) in [4.78, 5) is 0.488. The maximum atomic E-state index is 3.71. The highest BCUT2D eigenvalue weighted by Crippen LogP contribution is 2.46. The molecule has 2 rings (SSSR count). The van der Waals surface area contributed by atoms with Crippen LogP contribution >= 0.6 is 11.8 Å². The number of hydrogen-bond acceptors (Lipinski definition) is 2. The Kier molecular flexibility index (Phi) is 2.87. The third kappa shape index (κ3) is 2.11. The zero-order valence-corrected chi connectivity index (χ0v) is 10.5. The van der Waals surface area contributed by atoms with Gasteiger partial charge in [-0.25, -0.2) is 0 Å². The summed E-state index contributed by atoms with van der Waals surface area (Å²) in [7, 11) is 0. The molecule has 0 aromatic rings. The fourth-order valence-electron chi connectivity index (χ4n) is 2.85. The minimum atomic E-state index is 0.488. The fourth-order valence-corrected chi connectivity index (χ4v) is 4.17. The van der Waals surface area contributed by atoms with E-state index in [9.17, 15) is 0 Å². The molecule has 2 aliphatic rings. The van der Waals surface area contributed by atoms with E-state index in [1.54, 1.807) is 0 Å². The topological polar surface area (TPSA) is 12.0 Å². The van der Waals surface area contributed by atoms with Crippen LogP contribution in [0.1, 0.15) is 46.5 Å². The van der Waals surface area contributed by atoms with E-state index in [2.05, 4.69) is 37.8 Å². The monoisotopic (exact) mass is 213 g/mol. The second-order valence-electron chi connectivity index (χ2n) is 5.91. The van der Waals surface area contributed by atoms with E-state index in [-0.39, 0.29) is 0 Å². The Labute approximate surface area is 92.4 Å². The van der Waals surface area contributed by atoms with Gasteiger partial charge in [0.15, 0.2) is 0 Å². The van der Waals surface area contributed by atoms with Crippen LogP contribution in [0.3, 0.4) is 0 Å². The first kappa shape index (κ1) is 10.8. The van der Waals surface area contributed by atoms with Crippen molar-refractivity contribution in [3.8, 4) is 0 Å². The molecule has 1 aliphatic carbocycles. The van der Waals surface area contributed by atoms with E-state index in [1.165, 1.54) is 38.0 Å². The molecule has 1 saturated carbocycles. The SMILES string of the molecule is CC(C)(C)C1CCC2(CC1)NCCS2. The molecule has 1 spiro atoms. The summed E-state index contributed by atoms with van der Waals surface area (Å²) in [6.45, 7) is 8.41. The Morgan fingerprint density at radius 3 is 2.29 bits per heavy atom. The Morgan fingerprint density at radius 2 is 1.86 bits per heavy atom. The van der Waals surface area contributed by atoms with Crippen molar-refractivity contribution < 1.29 is 0 Å². The molecule has 14 heavy (non-hydrogen) atoms. The average Bonchev–Trinajstić information content (AvgIpc) is 2.53. The van der Waals surface area contributed by atoms with Crippen molar-refractivity contribution in [3.63, 3.8) is 0 Å². The third-order valence-electron chi connectivity index (χ3n) is 3.95. The van der Waals surface area contributed by atoms with Crippen molar-refractivity contribution in [2.75, 3.05) is 12.3 Å². The van der Waals surface area contributed by atoms with Crippen LogP contribution in [0.5, 0.6) is 0 Å². The van der Waals surface area contributed by atoms with Crippen LogP contribution in [0.25, 0.3) is 0 Å². The van der Waals surface area contributed by atoms with E-state index in [1.807, 2.05) is 0 Å². The molecule has 1 nitrogen and oxygen atoms in total. The van der Waals surface area contributed by atoms with E-state index in [4.69, 9.17) is 0 Å². The van der Waals surface area contributed by atoms with Crippen LogP contribution in [0.15, 0.2) is 0 Å². The van der Waals surface area contributed by atoms with Gasteiger partial charge >= 0.3 is 0 Å². The van der Waals surface area contributed by atoms with Gasteiger partial charge in [0, 0.05) is 12.3 Å². The fraction of sp³-hybridized carbons (Fsp3) is 1.00. The van der Waals surface area contributed by atoms with Crippen molar-refractivity contribution in [3.05, 3.63) is 0 Å². The molecule has 0 aromatic heterocycles. The van der Waals surface area contributed by atoms with Crippen LogP contribution in [-0.2, 0) is 0 Å². The van der Waals surface area contributed by atoms with Crippen LogP contribution in [0.2, 0.25) is 0 Å². The Hall–Kier alpha value is 0.310. The normalized spacial score (nSPS) is 39.2. The maximum Gasteiger partial charge on any atom is 0.0646 e. The molecule has 0 radical (unpaired) electrons. The minimum Gasteiger partial charge on any atom is -0.302 e. The molecule has 2 heteroatoms. The molecular weight excluding hydrogens is 190 g/mol. The first-order chi connectivity index (χ1) is 6.52. The first-order valence-corrected chi connectivity index (χ1v) is 6.89. The summed E-state index contributed by atoms with van der Waals surface area (Å²) < 4.78 is 0. The zero-order chi connectivity index (χ0) is 10.2. The van der Waals surface area contributed by atoms with Crippen LogP contribution < -0.4 is 5.32 Å². The smallest absolute Gasteiger partial charge is 0.0646 e. The molecule has 2 fully saturated rings. The van der Waals surface area contributed by atoms with Gasteiger partial charge in [0.25, 0.3) is 0 Å². The van der Waals surface area contributed by atoms with Crippen molar-refractivity contribution >= 4 is 11.8 Å². The summed E-state index contributed by atoms with van der Waals surface area (Å²) in [5.41, 5.74) is 0.519. The quantitative estimate of drug-likeness (QED) is 0.663. The summed E-state index contributed by atoms with van der Waals surface area (Å²) in [5, 5.41) is 3.71. The Morgan fingerprint density at radius 1 is 1.21 bits per heavy atom. The molecule has 0 amide bonds. The second-order valence-corrected chi connectivity index (χ2v) is 7.39. The Balaban J connectivity index is 1.92. The van der Waals surface area contributed by atoms with Gasteiger partial charge in [-0.3, -0.25) is 0 Å². The largest absolute Gasteiger partial charge is 0.302 e. The lowest BCUT2D eigenvalue weighted by Gasteiger charge is -2.41. The summed E-state index contributed by atoms with van der Waals surface area (Å²) in [5.74, 6) is 2.26. The molecule has 1 saturated heterocycles. The van der Waals surface area contributed by atoms with Gasteiger partial charge in [0.1, 0.15) is 0 Å². The molecule has 1 N–H and O–H groups in total. The van der Waals surface area contributed by atoms with E-state index >= 15 is 0 Å². The second kappa shape index (κ2) is 3.71. The number of thioether (sulfide) groups is 1. The highest BCUT2D eigenvalue weighted by Gasteiger charge is 2.40. The lowest BCUT2D eigenvalue weighted by molar-refractivity contribution is 0.154. The molecule has 1 aliphatic heterocycles. The van der Waals surface area contributed by atoms with Gasteiger partial charge in [-0.05, 0) is 37.0 Å². The van der Waals surface area contributed by atoms with Crippen molar-refractivity contribution in [1.29, 1.82) is 0 Å². The molecule has 82 valence electrons. The lowest BCUT2D eigenvalue weighted by atomic mass is 9.71. The van der Waals surface area contributed by atoms with E-state index in [0.717, 1.165) is 5.92 Å². The zero-order valence-electron chi connectivity index (χ0n) is 9.73. The minimum absolute atomic E-state index is 0.488. The first-order valence-electron chi connectivity index (χ1n) is 5.91. The number of rotatable bonds is 0. The van der Waals surface area contributed by atoms with Crippen LogP contribution in [0, 0.1) is 11.3 Å². The van der Waals surface area contributed by atoms with Crippen LogP contribution in [-0.4, -0.2) is 17.2 Å². The van der Waals surface area contributed by atoms with Crippen molar-refractivity contribution in [1.82, 2.24) is 5.32 Å². The summed E-state index contributed by atoms with van der Waals surface area (Å²) >= 11 is 2.17. The number of hydrogen-bond donors (Lipinski definition) is 1. The van der Waals surface area contributed by atoms with Gasteiger partial charge < -0.3 is 5.32 Å². The van der Waals surface area contributed by atoms with Crippen molar-refractivity contribution in [2.45, 2.75) is 51.3 Å². The standard InChI is InChI=1S/C12H23NS/c1-11(2,3)10-4-6-12(7-5-10)13-8-9-14-12/h10,13H,4-9H2,1-3H3. The summed E-state index contributed by atoms with van der Waals surface area (Å²) in [6.07, 6.45) is 5.62. The van der Waals surface area contributed by atoms with Gasteiger partial charge in [-0.15, -0.1) is 11.8 Å². The van der Waals surface area contributed by atoms with Gasteiger partial charge in [-0.1, -0.05) is 20.8 Å². The molecule has 0 atom stereocenters. The molecule has 0 aromatic carbocycles. The van der Waals surface area contributed by atoms with Crippen LogP contribution in [0.4, 0.5) is 0 Å².